The fourth-order valence-electron chi connectivity index (χ4n) is 2.91. The van der Waals surface area contributed by atoms with Gasteiger partial charge in [-0.2, -0.15) is 0 Å². The van der Waals surface area contributed by atoms with Gasteiger partial charge in [0.05, 0.1) is 0 Å². The van der Waals surface area contributed by atoms with Crippen molar-refractivity contribution in [1.82, 2.24) is 4.90 Å². The summed E-state index contributed by atoms with van der Waals surface area (Å²) in [7, 11) is 0. The normalized spacial score (nSPS) is 16.1. The second kappa shape index (κ2) is 6.19. The first-order valence-corrected chi connectivity index (χ1v) is 7.60. The van der Waals surface area contributed by atoms with Gasteiger partial charge in [0.25, 0.3) is 0 Å². The van der Waals surface area contributed by atoms with Crippen molar-refractivity contribution in [3.8, 4) is 0 Å². The Bertz CT molecular complexity index is 601. The van der Waals surface area contributed by atoms with Gasteiger partial charge in [0.15, 0.2) is 0 Å². The summed E-state index contributed by atoms with van der Waals surface area (Å²) in [6.07, 6.45) is 0. The SMILES string of the molecule is Cc1ccccc1CN1CCN(c2cccc(N)c2)CC1. The van der Waals surface area contributed by atoms with Gasteiger partial charge in [0.1, 0.15) is 0 Å². The van der Waals surface area contributed by atoms with Crippen LogP contribution in [0.5, 0.6) is 0 Å². The summed E-state index contributed by atoms with van der Waals surface area (Å²) in [5.41, 5.74) is 10.8. The smallest absolute Gasteiger partial charge is 0.0387 e. The molecule has 0 amide bonds. The Morgan fingerprint density at radius 3 is 2.43 bits per heavy atom. The predicted molar refractivity (Wildman–Crippen MR) is 89.5 cm³/mol. The third kappa shape index (κ3) is 3.37. The summed E-state index contributed by atoms with van der Waals surface area (Å²) in [5, 5.41) is 0. The molecule has 0 aromatic heterocycles. The van der Waals surface area contributed by atoms with E-state index in [-0.39, 0.29) is 0 Å². The lowest BCUT2D eigenvalue weighted by Gasteiger charge is -2.36. The van der Waals surface area contributed by atoms with Crippen molar-refractivity contribution < 1.29 is 0 Å². The van der Waals surface area contributed by atoms with Crippen molar-refractivity contribution in [3.05, 3.63) is 59.7 Å². The number of rotatable bonds is 3. The molecule has 0 atom stereocenters. The molecule has 0 bridgehead atoms. The molecule has 1 fully saturated rings. The molecule has 1 aliphatic heterocycles. The maximum absolute atomic E-state index is 5.87. The molecule has 110 valence electrons. The van der Waals surface area contributed by atoms with Gasteiger partial charge in [-0.3, -0.25) is 4.90 Å². The number of hydrogen-bond acceptors (Lipinski definition) is 3. The molecule has 2 N–H and O–H groups in total. The fourth-order valence-corrected chi connectivity index (χ4v) is 2.91. The molecule has 3 nitrogen and oxygen atoms in total. The molecular weight excluding hydrogens is 258 g/mol. The zero-order chi connectivity index (χ0) is 14.7. The van der Waals surface area contributed by atoms with Crippen LogP contribution in [0.25, 0.3) is 0 Å². The van der Waals surface area contributed by atoms with Gasteiger partial charge in [-0.1, -0.05) is 30.3 Å². The number of nitrogens with two attached hydrogens (primary N) is 1. The number of nitrogen functional groups attached to an aromatic ring is 1. The van der Waals surface area contributed by atoms with Gasteiger partial charge >= 0.3 is 0 Å². The molecule has 1 heterocycles. The Balaban J connectivity index is 1.59. The average molecular weight is 281 g/mol. The summed E-state index contributed by atoms with van der Waals surface area (Å²) in [4.78, 5) is 4.95. The lowest BCUT2D eigenvalue weighted by molar-refractivity contribution is 0.249. The molecule has 3 rings (SSSR count). The van der Waals surface area contributed by atoms with Crippen LogP contribution in [0.15, 0.2) is 48.5 Å². The van der Waals surface area contributed by atoms with Gasteiger partial charge in [0.2, 0.25) is 0 Å². The monoisotopic (exact) mass is 281 g/mol. The minimum Gasteiger partial charge on any atom is -0.399 e. The van der Waals surface area contributed by atoms with E-state index in [1.54, 1.807) is 0 Å². The maximum Gasteiger partial charge on any atom is 0.0387 e. The van der Waals surface area contributed by atoms with E-state index in [1.165, 1.54) is 16.8 Å². The standard InChI is InChI=1S/C18H23N3/c1-15-5-2-3-6-16(15)14-20-9-11-21(12-10-20)18-8-4-7-17(19)13-18/h2-8,13H,9-12,14,19H2,1H3. The Morgan fingerprint density at radius 1 is 0.952 bits per heavy atom. The highest BCUT2D eigenvalue weighted by Gasteiger charge is 2.17. The zero-order valence-electron chi connectivity index (χ0n) is 12.6. The summed E-state index contributed by atoms with van der Waals surface area (Å²) in [5.74, 6) is 0. The van der Waals surface area contributed by atoms with E-state index in [1.807, 2.05) is 12.1 Å². The Morgan fingerprint density at radius 2 is 1.71 bits per heavy atom. The van der Waals surface area contributed by atoms with Gasteiger partial charge in [-0.05, 0) is 36.2 Å². The minimum atomic E-state index is 0.842. The van der Waals surface area contributed by atoms with E-state index in [4.69, 9.17) is 5.73 Å². The molecule has 0 unspecified atom stereocenters. The molecule has 0 aliphatic carbocycles. The first-order chi connectivity index (χ1) is 10.2. The first kappa shape index (κ1) is 14.0. The summed E-state index contributed by atoms with van der Waals surface area (Å²) >= 11 is 0. The van der Waals surface area contributed by atoms with E-state index >= 15 is 0 Å². The number of nitrogens with zero attached hydrogens (tertiary/aromatic N) is 2. The van der Waals surface area contributed by atoms with Crippen LogP contribution in [0.3, 0.4) is 0 Å². The van der Waals surface area contributed by atoms with Gasteiger partial charge in [-0.25, -0.2) is 0 Å². The van der Waals surface area contributed by atoms with Crippen LogP contribution in [0.1, 0.15) is 11.1 Å². The number of benzene rings is 2. The second-order valence-electron chi connectivity index (χ2n) is 5.78. The van der Waals surface area contributed by atoms with Crippen LogP contribution in [0.4, 0.5) is 11.4 Å². The largest absolute Gasteiger partial charge is 0.399 e. The molecule has 0 saturated carbocycles. The van der Waals surface area contributed by atoms with Crippen LogP contribution < -0.4 is 10.6 Å². The molecule has 0 spiro atoms. The van der Waals surface area contributed by atoms with Crippen molar-refractivity contribution in [2.75, 3.05) is 36.8 Å². The third-order valence-electron chi connectivity index (χ3n) is 4.26. The zero-order valence-corrected chi connectivity index (χ0v) is 12.6. The lowest BCUT2D eigenvalue weighted by Crippen LogP contribution is -2.46. The number of aryl methyl sites for hydroxylation is 1. The minimum absolute atomic E-state index is 0.842. The Kier molecular flexibility index (Phi) is 4.11. The van der Waals surface area contributed by atoms with Crippen molar-refractivity contribution >= 4 is 11.4 Å². The summed E-state index contributed by atoms with van der Waals surface area (Å²) < 4.78 is 0. The fraction of sp³-hybridized carbons (Fsp3) is 0.333. The van der Waals surface area contributed by atoms with Gasteiger partial charge < -0.3 is 10.6 Å². The van der Waals surface area contributed by atoms with E-state index in [9.17, 15) is 0 Å². The third-order valence-corrected chi connectivity index (χ3v) is 4.26. The van der Waals surface area contributed by atoms with Crippen molar-refractivity contribution in [2.24, 2.45) is 0 Å². The van der Waals surface area contributed by atoms with Gasteiger partial charge in [-0.15, -0.1) is 0 Å². The molecule has 0 radical (unpaired) electrons. The Labute approximate surface area is 127 Å². The van der Waals surface area contributed by atoms with Crippen molar-refractivity contribution in [2.45, 2.75) is 13.5 Å². The van der Waals surface area contributed by atoms with Crippen molar-refractivity contribution in [3.63, 3.8) is 0 Å². The van der Waals surface area contributed by atoms with Crippen LogP contribution in [-0.4, -0.2) is 31.1 Å². The maximum atomic E-state index is 5.87. The van der Waals surface area contributed by atoms with Crippen LogP contribution >= 0.6 is 0 Å². The van der Waals surface area contributed by atoms with Crippen LogP contribution in [0.2, 0.25) is 0 Å². The van der Waals surface area contributed by atoms with Gasteiger partial charge in [0, 0.05) is 44.1 Å². The molecule has 1 saturated heterocycles. The Hall–Kier alpha value is -2.00. The molecule has 21 heavy (non-hydrogen) atoms. The van der Waals surface area contributed by atoms with E-state index < -0.39 is 0 Å². The van der Waals surface area contributed by atoms with E-state index in [2.05, 4.69) is 53.1 Å². The van der Waals surface area contributed by atoms with Crippen molar-refractivity contribution in [1.29, 1.82) is 0 Å². The second-order valence-corrected chi connectivity index (χ2v) is 5.78. The highest BCUT2D eigenvalue weighted by Crippen LogP contribution is 2.20. The molecular formula is C18H23N3. The number of anilines is 2. The highest BCUT2D eigenvalue weighted by atomic mass is 15.3. The quantitative estimate of drug-likeness (QED) is 0.878. The summed E-state index contributed by atoms with van der Waals surface area (Å²) in [6, 6.07) is 16.9. The molecule has 2 aromatic rings. The predicted octanol–water partition coefficient (Wildman–Crippen LogP) is 2.90. The molecule has 3 heteroatoms. The average Bonchev–Trinajstić information content (AvgIpc) is 2.50. The van der Waals surface area contributed by atoms with E-state index in [0.717, 1.165) is 38.4 Å². The summed E-state index contributed by atoms with van der Waals surface area (Å²) in [6.45, 7) is 7.58. The first-order valence-electron chi connectivity index (χ1n) is 7.60. The number of piperazine rings is 1. The van der Waals surface area contributed by atoms with Crippen LogP contribution in [-0.2, 0) is 6.54 Å². The number of hydrogen-bond donors (Lipinski definition) is 1. The molecule has 1 aliphatic rings. The highest BCUT2D eigenvalue weighted by molar-refractivity contribution is 5.56. The van der Waals surface area contributed by atoms with E-state index in [0.29, 0.717) is 0 Å². The topological polar surface area (TPSA) is 32.5 Å². The van der Waals surface area contributed by atoms with Crippen LogP contribution in [0, 0.1) is 6.92 Å². The molecule has 2 aromatic carbocycles. The lowest BCUT2D eigenvalue weighted by atomic mass is 10.1.